The van der Waals surface area contributed by atoms with Crippen molar-refractivity contribution in [3.63, 3.8) is 0 Å². The molecule has 0 saturated heterocycles. The maximum absolute atomic E-state index is 8.36. The van der Waals surface area contributed by atoms with Crippen molar-refractivity contribution in [2.24, 2.45) is 10.9 Å². The average molecular weight is 275 g/mol. The van der Waals surface area contributed by atoms with E-state index in [2.05, 4.69) is 15.4 Å². The quantitative estimate of drug-likeness (QED) is 0.196. The van der Waals surface area contributed by atoms with E-state index in [0.717, 1.165) is 28.1 Å². The lowest BCUT2D eigenvalue weighted by atomic mass is 10.2. The molecule has 96 valence electrons. The van der Waals surface area contributed by atoms with Crippen LogP contribution in [0.1, 0.15) is 19.3 Å². The Bertz CT molecular complexity index is 366. The van der Waals surface area contributed by atoms with Crippen LogP contribution in [-0.4, -0.2) is 41.1 Å². The van der Waals surface area contributed by atoms with Crippen LogP contribution < -0.4 is 10.6 Å². The second kappa shape index (κ2) is 7.33. The maximum Gasteiger partial charge on any atom is 0.208 e. The van der Waals surface area contributed by atoms with Gasteiger partial charge in [-0.2, -0.15) is 0 Å². The largest absolute Gasteiger partial charge is 0.409 e. The number of nitrogens with zero attached hydrogens (tertiary/aromatic N) is 4. The molecule has 1 aromatic rings. The summed E-state index contributed by atoms with van der Waals surface area (Å²) in [6.07, 6.45) is 2.57. The molecule has 8 heteroatoms. The fourth-order valence-electron chi connectivity index (χ4n) is 1.06. The number of oxime groups is 1. The predicted molar refractivity (Wildman–Crippen MR) is 72.2 cm³/mol. The highest BCUT2D eigenvalue weighted by Gasteiger charge is 2.05. The van der Waals surface area contributed by atoms with Gasteiger partial charge in [-0.15, -0.1) is 10.2 Å². The Balaban J connectivity index is 2.18. The predicted octanol–water partition coefficient (Wildman–Crippen LogP) is 1.61. The molecule has 0 atom stereocenters. The molecule has 0 aromatic carbocycles. The first kappa shape index (κ1) is 14.0. The maximum atomic E-state index is 8.36. The molecular formula is C9H17N5OS2. The molecular weight excluding hydrogens is 258 g/mol. The van der Waals surface area contributed by atoms with E-state index < -0.39 is 0 Å². The van der Waals surface area contributed by atoms with Crippen LogP contribution in [0.3, 0.4) is 0 Å². The molecule has 3 N–H and O–H groups in total. The van der Waals surface area contributed by atoms with Gasteiger partial charge < -0.3 is 15.8 Å². The van der Waals surface area contributed by atoms with Crippen LogP contribution in [0.5, 0.6) is 0 Å². The molecule has 0 fully saturated rings. The topological polar surface area (TPSA) is 87.6 Å². The minimum absolute atomic E-state index is 0.292. The average Bonchev–Trinajstić information content (AvgIpc) is 2.77. The van der Waals surface area contributed by atoms with Crippen LogP contribution in [0.4, 0.5) is 5.13 Å². The zero-order valence-corrected chi connectivity index (χ0v) is 11.6. The van der Waals surface area contributed by atoms with Gasteiger partial charge in [-0.25, -0.2) is 0 Å². The molecule has 0 spiro atoms. The summed E-state index contributed by atoms with van der Waals surface area (Å²) in [4.78, 5) is 1.94. The molecule has 17 heavy (non-hydrogen) atoms. The third kappa shape index (κ3) is 5.22. The highest BCUT2D eigenvalue weighted by atomic mass is 32.2. The van der Waals surface area contributed by atoms with Gasteiger partial charge in [0.15, 0.2) is 4.34 Å². The van der Waals surface area contributed by atoms with Crippen molar-refractivity contribution in [3.05, 3.63) is 0 Å². The van der Waals surface area contributed by atoms with Gasteiger partial charge in [0, 0.05) is 26.3 Å². The smallest absolute Gasteiger partial charge is 0.208 e. The van der Waals surface area contributed by atoms with E-state index in [1.807, 2.05) is 19.0 Å². The van der Waals surface area contributed by atoms with E-state index >= 15 is 0 Å². The summed E-state index contributed by atoms with van der Waals surface area (Å²) in [6, 6.07) is 0. The number of unbranched alkanes of at least 4 members (excludes halogenated alkanes) is 1. The van der Waals surface area contributed by atoms with Crippen LogP contribution in [-0.2, 0) is 0 Å². The van der Waals surface area contributed by atoms with Crippen molar-refractivity contribution in [3.8, 4) is 0 Å². The van der Waals surface area contributed by atoms with Gasteiger partial charge >= 0.3 is 0 Å². The number of nitrogens with two attached hydrogens (primary N) is 1. The van der Waals surface area contributed by atoms with E-state index in [9.17, 15) is 0 Å². The molecule has 0 aliphatic rings. The summed E-state index contributed by atoms with van der Waals surface area (Å²) in [5.74, 6) is 1.27. The Morgan fingerprint density at radius 3 is 2.82 bits per heavy atom. The first-order valence-electron chi connectivity index (χ1n) is 5.23. The fraction of sp³-hybridized carbons (Fsp3) is 0.667. The zero-order valence-electron chi connectivity index (χ0n) is 9.96. The molecule has 0 bridgehead atoms. The lowest BCUT2D eigenvalue weighted by molar-refractivity contribution is 0.316. The minimum Gasteiger partial charge on any atom is -0.409 e. The van der Waals surface area contributed by atoms with Gasteiger partial charge in [0.05, 0.1) is 0 Å². The summed E-state index contributed by atoms with van der Waals surface area (Å²) in [5.41, 5.74) is 5.37. The first-order valence-corrected chi connectivity index (χ1v) is 7.03. The molecule has 1 heterocycles. The van der Waals surface area contributed by atoms with Gasteiger partial charge in [-0.05, 0) is 12.8 Å². The number of hydrogen-bond acceptors (Lipinski definition) is 7. The summed E-state index contributed by atoms with van der Waals surface area (Å²) in [7, 11) is 3.90. The van der Waals surface area contributed by atoms with E-state index in [4.69, 9.17) is 10.9 Å². The second-order valence-corrected chi connectivity index (χ2v) is 5.94. The Morgan fingerprint density at radius 1 is 1.47 bits per heavy atom. The van der Waals surface area contributed by atoms with Crippen molar-refractivity contribution in [1.29, 1.82) is 0 Å². The highest BCUT2D eigenvalue weighted by molar-refractivity contribution is 8.01. The molecule has 1 rings (SSSR count). The van der Waals surface area contributed by atoms with E-state index in [1.54, 1.807) is 23.1 Å². The van der Waals surface area contributed by atoms with Gasteiger partial charge in [-0.3, -0.25) is 0 Å². The standard InChI is InChI=1S/C9H17N5OS2/c1-14(2)8-11-12-9(17-8)16-6-4-3-5-7(10)13-15/h15H,3-6H2,1-2H3,(H2,10,13). The van der Waals surface area contributed by atoms with Gasteiger partial charge in [0.25, 0.3) is 0 Å². The molecule has 0 amide bonds. The van der Waals surface area contributed by atoms with Gasteiger partial charge in [0.2, 0.25) is 5.13 Å². The summed E-state index contributed by atoms with van der Waals surface area (Å²) in [5, 5.41) is 20.4. The molecule has 0 unspecified atom stereocenters. The molecule has 1 aromatic heterocycles. The van der Waals surface area contributed by atoms with Crippen LogP contribution in [0.25, 0.3) is 0 Å². The lowest BCUT2D eigenvalue weighted by Gasteiger charge is -2.03. The number of anilines is 1. The van der Waals surface area contributed by atoms with Crippen molar-refractivity contribution < 1.29 is 5.21 Å². The van der Waals surface area contributed by atoms with E-state index in [-0.39, 0.29) is 0 Å². The Labute approximate surface area is 109 Å². The Morgan fingerprint density at radius 2 is 2.24 bits per heavy atom. The van der Waals surface area contributed by atoms with Crippen LogP contribution >= 0.6 is 23.1 Å². The lowest BCUT2D eigenvalue weighted by Crippen LogP contribution is -2.10. The number of hydrogen-bond donors (Lipinski definition) is 2. The Kier molecular flexibility index (Phi) is 6.06. The third-order valence-corrected chi connectivity index (χ3v) is 4.27. The normalized spacial score (nSPS) is 11.8. The summed E-state index contributed by atoms with van der Waals surface area (Å²) in [6.45, 7) is 0. The molecule has 0 aliphatic heterocycles. The molecule has 0 radical (unpaired) electrons. The molecule has 6 nitrogen and oxygen atoms in total. The number of aromatic nitrogens is 2. The fourth-order valence-corrected chi connectivity index (χ4v) is 2.89. The first-order chi connectivity index (χ1) is 8.13. The zero-order chi connectivity index (χ0) is 12.7. The van der Waals surface area contributed by atoms with Crippen molar-refractivity contribution >= 4 is 34.1 Å². The van der Waals surface area contributed by atoms with Gasteiger partial charge in [0.1, 0.15) is 5.84 Å². The number of amidine groups is 1. The monoisotopic (exact) mass is 275 g/mol. The molecule has 0 saturated carbocycles. The van der Waals surface area contributed by atoms with Gasteiger partial charge in [-0.1, -0.05) is 28.3 Å². The number of thioether (sulfide) groups is 1. The van der Waals surface area contributed by atoms with Crippen LogP contribution in [0.2, 0.25) is 0 Å². The second-order valence-electron chi connectivity index (χ2n) is 3.64. The van der Waals surface area contributed by atoms with Crippen LogP contribution in [0.15, 0.2) is 9.50 Å². The highest BCUT2D eigenvalue weighted by Crippen LogP contribution is 2.27. The Hall–Kier alpha value is -1.02. The van der Waals surface area contributed by atoms with Crippen molar-refractivity contribution in [2.75, 3.05) is 24.7 Å². The third-order valence-electron chi connectivity index (χ3n) is 1.96. The van der Waals surface area contributed by atoms with E-state index in [0.29, 0.717) is 12.3 Å². The SMILES string of the molecule is CN(C)c1nnc(SCCCCC(N)=NO)s1. The summed E-state index contributed by atoms with van der Waals surface area (Å²) < 4.78 is 0.984. The van der Waals surface area contributed by atoms with Crippen molar-refractivity contribution in [1.82, 2.24) is 10.2 Å². The van der Waals surface area contributed by atoms with Crippen molar-refractivity contribution in [2.45, 2.75) is 23.6 Å². The molecule has 0 aliphatic carbocycles. The number of rotatable bonds is 7. The van der Waals surface area contributed by atoms with E-state index in [1.165, 1.54) is 0 Å². The van der Waals surface area contributed by atoms with Crippen LogP contribution in [0, 0.1) is 0 Å². The summed E-state index contributed by atoms with van der Waals surface area (Å²) >= 11 is 3.28. The minimum atomic E-state index is 0.292.